The number of halogens is 3. The van der Waals surface area contributed by atoms with Crippen LogP contribution in [0.1, 0.15) is 143 Å². The summed E-state index contributed by atoms with van der Waals surface area (Å²) in [5.41, 5.74) is 12.3. The molecule has 22 heteroatoms. The van der Waals surface area contributed by atoms with Crippen LogP contribution in [0.3, 0.4) is 0 Å². The first-order valence-corrected chi connectivity index (χ1v) is 36.3. The zero-order chi connectivity index (χ0) is 70.4. The maximum atomic E-state index is 13.3. The molecule has 105 heavy (non-hydrogen) atoms. The highest BCUT2D eigenvalue weighted by molar-refractivity contribution is 7.59. The number of likely N-dealkylation sites (tertiary alicyclic amines) is 3. The largest absolute Gasteiger partial charge is 0.445 e. The number of aromatic amines is 4. The van der Waals surface area contributed by atoms with E-state index in [2.05, 4.69) is 97.7 Å². The van der Waals surface area contributed by atoms with Gasteiger partial charge in [0.2, 0.25) is 0 Å². The minimum Gasteiger partial charge on any atom is -0.445 e. The molecule has 16 rings (SSSR count). The van der Waals surface area contributed by atoms with Crippen molar-refractivity contribution in [2.75, 3.05) is 25.0 Å². The molecule has 7 heterocycles. The SMILES string of the molecule is CC(C)(C)OC(=O)N1CCC[C@H]1c1ncc(-c2ccc3cc(-c4ccc5c(=O)cc(C6CCCN6C(=O)OCc6ccccc6)[nH]c5c4)ccc3c2)[nH]1.Cl.ClCCl.O=C(OCc1ccccc1)N1CCCC1c1cc(=O)c2ccc(-c3ccc4cc(-c5cnc(C6CCCC6)[nH]5)ccc4c3)cc2[nH]1.S.S. The number of ether oxygens (including phenoxy) is 3. The molecule has 0 bridgehead atoms. The Kier molecular flexibility index (Phi) is 24.9. The van der Waals surface area contributed by atoms with Crippen molar-refractivity contribution in [2.45, 2.75) is 128 Å². The summed E-state index contributed by atoms with van der Waals surface area (Å²) in [5.74, 6) is 2.44. The van der Waals surface area contributed by atoms with Crippen LogP contribution in [0.5, 0.6) is 0 Å². The van der Waals surface area contributed by atoms with Gasteiger partial charge in [-0.2, -0.15) is 27.0 Å². The van der Waals surface area contributed by atoms with E-state index in [9.17, 15) is 24.0 Å². The molecule has 3 saturated heterocycles. The van der Waals surface area contributed by atoms with Gasteiger partial charge in [-0.25, -0.2) is 24.4 Å². The molecule has 4 aliphatic rings. The average Bonchev–Trinajstić information content (AvgIpc) is 0.950. The molecule has 3 atom stereocenters. The van der Waals surface area contributed by atoms with Gasteiger partial charge >= 0.3 is 18.3 Å². The summed E-state index contributed by atoms with van der Waals surface area (Å²) >= 11 is 9.53. The number of amides is 3. The Labute approximate surface area is 639 Å². The lowest BCUT2D eigenvalue weighted by Crippen LogP contribution is -2.36. The van der Waals surface area contributed by atoms with Gasteiger partial charge in [-0.15, -0.1) is 35.6 Å². The highest BCUT2D eigenvalue weighted by Gasteiger charge is 2.36. The number of H-pyrrole nitrogens is 4. The summed E-state index contributed by atoms with van der Waals surface area (Å²) in [5, 5.41) is 5.90. The van der Waals surface area contributed by atoms with Gasteiger partial charge in [-0.3, -0.25) is 24.3 Å². The fourth-order valence-corrected chi connectivity index (χ4v) is 14.8. The molecular weight excluding hydrogens is 1420 g/mol. The number of hydrogen-bond donors (Lipinski definition) is 4. The Morgan fingerprint density at radius 2 is 0.819 bits per heavy atom. The van der Waals surface area contributed by atoms with Crippen molar-refractivity contribution in [3.8, 4) is 44.8 Å². The molecule has 3 amide bonds. The third-order valence-electron chi connectivity index (χ3n) is 19.9. The van der Waals surface area contributed by atoms with Crippen LogP contribution in [0.15, 0.2) is 204 Å². The topological polar surface area (TPSA) is 212 Å². The molecule has 12 aromatic rings. The van der Waals surface area contributed by atoms with E-state index in [0.29, 0.717) is 42.0 Å². The van der Waals surface area contributed by atoms with E-state index in [-0.39, 0.29) is 105 Å². The van der Waals surface area contributed by atoms with Gasteiger partial charge in [-0.05, 0) is 176 Å². The monoisotopic (exact) mass is 1510 g/mol. The minimum absolute atomic E-state index is 0. The Morgan fingerprint density at radius 3 is 1.26 bits per heavy atom. The van der Waals surface area contributed by atoms with E-state index < -0.39 is 5.60 Å². The van der Waals surface area contributed by atoms with Crippen LogP contribution >= 0.6 is 62.6 Å². The number of carbonyl (C=O) groups is 3. The number of carbonyl (C=O) groups excluding carboxylic acids is 3. The smallest absolute Gasteiger partial charge is 0.410 e. The zero-order valence-corrected chi connectivity index (χ0v) is 63.1. The van der Waals surface area contributed by atoms with Gasteiger partial charge in [0, 0.05) is 71.0 Å². The normalized spacial score (nSPS) is 16.4. The van der Waals surface area contributed by atoms with Crippen molar-refractivity contribution < 1.29 is 28.6 Å². The van der Waals surface area contributed by atoms with Crippen molar-refractivity contribution in [1.82, 2.24) is 44.6 Å². The van der Waals surface area contributed by atoms with E-state index in [1.165, 1.54) is 25.7 Å². The molecule has 1 saturated carbocycles. The van der Waals surface area contributed by atoms with Gasteiger partial charge in [0.25, 0.3) is 0 Å². The van der Waals surface area contributed by atoms with Gasteiger partial charge < -0.3 is 34.1 Å². The van der Waals surface area contributed by atoms with Crippen LogP contribution in [-0.2, 0) is 27.4 Å². The van der Waals surface area contributed by atoms with Crippen molar-refractivity contribution in [2.24, 2.45) is 0 Å². The van der Waals surface area contributed by atoms with Crippen LogP contribution in [0.25, 0.3) is 88.1 Å². The molecule has 8 aromatic carbocycles. The Hall–Kier alpha value is -9.50. The van der Waals surface area contributed by atoms with E-state index in [4.69, 9.17) is 42.4 Å². The van der Waals surface area contributed by atoms with Crippen LogP contribution in [0, 0.1) is 0 Å². The number of hydrogen-bond acceptors (Lipinski definition) is 10. The number of nitrogens with zero attached hydrogens (tertiary/aromatic N) is 5. The maximum absolute atomic E-state index is 13.3. The van der Waals surface area contributed by atoms with Crippen LogP contribution in [0.2, 0.25) is 0 Å². The molecule has 4 fully saturated rings. The molecular formula is C83H86Cl3N9O8S2. The van der Waals surface area contributed by atoms with Gasteiger partial charge in [0.05, 0.1) is 58.3 Å². The number of alkyl halides is 2. The summed E-state index contributed by atoms with van der Waals surface area (Å²) in [7, 11) is 0. The molecule has 544 valence electrons. The number of imidazole rings is 2. The predicted molar refractivity (Wildman–Crippen MR) is 432 cm³/mol. The summed E-state index contributed by atoms with van der Waals surface area (Å²) < 4.78 is 16.9. The third-order valence-corrected chi connectivity index (χ3v) is 19.9. The Bertz CT molecular complexity index is 5180. The quantitative estimate of drug-likeness (QED) is 0.0671. The Morgan fingerprint density at radius 1 is 0.448 bits per heavy atom. The molecule has 2 unspecified atom stereocenters. The summed E-state index contributed by atoms with van der Waals surface area (Å²) in [4.78, 5) is 94.2. The predicted octanol–water partition coefficient (Wildman–Crippen LogP) is 20.2. The highest BCUT2D eigenvalue weighted by Crippen LogP contribution is 2.39. The van der Waals surface area contributed by atoms with E-state index in [0.717, 1.165) is 144 Å². The molecule has 4 N–H and O–H groups in total. The molecule has 3 aliphatic heterocycles. The average molecular weight is 1510 g/mol. The number of nitrogens with one attached hydrogen (secondary N) is 4. The van der Waals surface area contributed by atoms with Crippen molar-refractivity contribution in [3.63, 3.8) is 0 Å². The minimum atomic E-state index is -0.556. The lowest BCUT2D eigenvalue weighted by molar-refractivity contribution is 0.0218. The molecule has 17 nitrogen and oxygen atoms in total. The van der Waals surface area contributed by atoms with Gasteiger partial charge in [-0.1, -0.05) is 134 Å². The highest BCUT2D eigenvalue weighted by atomic mass is 35.5. The number of pyridine rings is 2. The van der Waals surface area contributed by atoms with Crippen LogP contribution in [0.4, 0.5) is 14.4 Å². The first-order valence-electron chi connectivity index (χ1n) is 35.2. The first-order chi connectivity index (χ1) is 49.6. The number of rotatable bonds is 12. The second-order valence-corrected chi connectivity index (χ2v) is 28.6. The van der Waals surface area contributed by atoms with Crippen LogP contribution in [-0.4, -0.2) is 93.5 Å². The lowest BCUT2D eigenvalue weighted by atomic mass is 9.98. The van der Waals surface area contributed by atoms with E-state index in [1.54, 1.807) is 26.8 Å². The van der Waals surface area contributed by atoms with E-state index >= 15 is 0 Å². The standard InChI is InChI=1S/C43H43N5O5.C39H36N4O3.CH2Cl2.ClH.2H2S/c1-43(2,3)53-42(51)48-20-8-12-38(48)40-44-25-36(46-40)32-16-15-28-21-29(13-14-30(28)22-32)31-17-18-33-34(23-31)45-35(24-39(33)49)37-11-7-19-47(37)41(50)52-26-27-9-5-4-6-10-27;44-37-22-34(36-11-6-18-43(36)39(45)46-24-25-7-2-1-3-8-25)41-33-21-30(16-17-32(33)37)28-12-13-29-20-31(15-14-27(29)19-28)35-23-40-38(42-35)26-9-4-5-10-26;2-1-3;;;/h4-6,9-10,13-18,21-25,37-38H,7-8,11-12,19-20,26H2,1-3H3,(H,44,46)(H,45,49);1-3,7-8,12-17,19-23,26,36H,4-6,9-11,18,24H2,(H,40,42)(H,41,44);1H2;1H;2*1H2/t37?,38-;;;;;/m0...../s1. The maximum Gasteiger partial charge on any atom is 0.410 e. The zero-order valence-electron chi connectivity index (χ0n) is 58.8. The lowest BCUT2D eigenvalue weighted by Gasteiger charge is -2.27. The molecule has 0 radical (unpaired) electrons. The third kappa shape index (κ3) is 17.6. The van der Waals surface area contributed by atoms with Crippen molar-refractivity contribution >= 4 is 124 Å². The fourth-order valence-electron chi connectivity index (χ4n) is 14.8. The summed E-state index contributed by atoms with van der Waals surface area (Å²) in [6.07, 6.45) is 12.7. The first kappa shape index (κ1) is 76.6. The van der Waals surface area contributed by atoms with Crippen molar-refractivity contribution in [3.05, 3.63) is 249 Å². The van der Waals surface area contributed by atoms with Gasteiger partial charge in [0.1, 0.15) is 30.5 Å². The van der Waals surface area contributed by atoms with Gasteiger partial charge in [0.15, 0.2) is 10.9 Å². The number of benzene rings is 8. The molecule has 4 aromatic heterocycles. The summed E-state index contributed by atoms with van der Waals surface area (Å²) in [6.45, 7) is 7.88. The van der Waals surface area contributed by atoms with Crippen LogP contribution < -0.4 is 10.9 Å². The number of aromatic nitrogens is 6. The van der Waals surface area contributed by atoms with E-state index in [1.807, 2.05) is 130 Å². The second-order valence-electron chi connectivity index (χ2n) is 27.8. The summed E-state index contributed by atoms with van der Waals surface area (Å²) in [6, 6.07) is 59.4. The second kappa shape index (κ2) is 34.2. The van der Waals surface area contributed by atoms with Crippen molar-refractivity contribution in [1.29, 1.82) is 0 Å². The number of fused-ring (bicyclic) bond motifs is 4. The Balaban J connectivity index is 0.000000199. The molecule has 1 aliphatic carbocycles. The fraction of sp³-hybridized carbons (Fsp3) is 0.289. The molecule has 0 spiro atoms.